The highest BCUT2D eigenvalue weighted by Gasteiger charge is 2.40. The lowest BCUT2D eigenvalue weighted by Crippen LogP contribution is -2.24. The molecule has 0 radical (unpaired) electrons. The minimum absolute atomic E-state index is 0.0861. The monoisotopic (exact) mass is 813 g/mol. The van der Waals surface area contributed by atoms with Crippen LogP contribution in [0.2, 0.25) is 0 Å². The Bertz CT molecular complexity index is 3290. The molecule has 0 unspecified atom stereocenters. The van der Waals surface area contributed by atoms with Gasteiger partial charge in [0, 0.05) is 25.0 Å². The molecule has 0 fully saturated rings. The Morgan fingerprint density at radius 1 is 0.452 bits per heavy atom. The molecule has 1 aliphatic carbocycles. The summed E-state index contributed by atoms with van der Waals surface area (Å²) < 4.78 is 0. The summed E-state index contributed by atoms with van der Waals surface area (Å²) in [5.74, 6) is 0. The maximum atomic E-state index is 10.2. The SMILES string of the molecule is CC(C)(C)c1ccc(-c2ccc3c(c2)C(C)(C)c2cc4cc(-c5ccccc5C#N)cc5ccc6c(S(c7ccccc7)(c7ccccc7)c7ccccc7)cc-3c2c6c54)cc1. The van der Waals surface area contributed by atoms with E-state index in [9.17, 15) is 5.26 Å². The van der Waals surface area contributed by atoms with Crippen molar-refractivity contribution in [3.63, 3.8) is 0 Å². The van der Waals surface area contributed by atoms with Crippen LogP contribution in [0.5, 0.6) is 0 Å². The summed E-state index contributed by atoms with van der Waals surface area (Å²) in [6.45, 7) is 11.7. The Kier molecular flexibility index (Phi) is 8.63. The van der Waals surface area contributed by atoms with E-state index in [0.717, 1.165) is 11.1 Å². The minimum Gasteiger partial charge on any atom is -0.192 e. The third-order valence-electron chi connectivity index (χ3n) is 13.5. The van der Waals surface area contributed by atoms with Crippen molar-refractivity contribution in [2.24, 2.45) is 0 Å². The number of nitrogens with zero attached hydrogens (tertiary/aromatic N) is 1. The van der Waals surface area contributed by atoms with Gasteiger partial charge in [0.15, 0.2) is 0 Å². The molecule has 298 valence electrons. The van der Waals surface area contributed by atoms with Crippen molar-refractivity contribution in [2.45, 2.75) is 65.0 Å². The molecule has 0 atom stereocenters. The van der Waals surface area contributed by atoms with Gasteiger partial charge < -0.3 is 0 Å². The number of hydrogen-bond acceptors (Lipinski definition) is 1. The molecule has 11 rings (SSSR count). The third kappa shape index (κ3) is 5.62. The Labute approximate surface area is 366 Å². The van der Waals surface area contributed by atoms with Crippen molar-refractivity contribution in [3.05, 3.63) is 216 Å². The largest absolute Gasteiger partial charge is 0.192 e. The molecule has 0 heterocycles. The second kappa shape index (κ2) is 14.1. The lowest BCUT2D eigenvalue weighted by atomic mass is 9.67. The molecule has 0 bridgehead atoms. The first-order valence-corrected chi connectivity index (χ1v) is 23.3. The fourth-order valence-corrected chi connectivity index (χ4v) is 14.5. The number of nitriles is 1. The standard InChI is InChI=1S/C60H47NS/c1-59(2,3)45-29-25-39(26-30-45)40-27-31-50-52-37-55(62(46-18-9-6-10-19-46,47-20-11-7-12-21-47)48-22-13-8-14-23-48)51-32-28-41-33-43(49-24-16-15-17-42(49)38-61)34-44-36-54(57(52)58(51)56(41)44)60(4,5)53(50)35-40/h6-37H,1-5H3. The molecule has 10 aromatic rings. The highest BCUT2D eigenvalue weighted by molar-refractivity contribution is 8.34. The van der Waals surface area contributed by atoms with Gasteiger partial charge >= 0.3 is 0 Å². The van der Waals surface area contributed by atoms with E-state index in [1.165, 1.54) is 90.8 Å². The van der Waals surface area contributed by atoms with Crippen LogP contribution in [-0.2, 0) is 10.8 Å². The van der Waals surface area contributed by atoms with Crippen LogP contribution in [-0.4, -0.2) is 0 Å². The predicted octanol–water partition coefficient (Wildman–Crippen LogP) is 16.7. The van der Waals surface area contributed by atoms with Gasteiger partial charge in [-0.15, -0.1) is 10.0 Å². The quantitative estimate of drug-likeness (QED) is 0.153. The summed E-state index contributed by atoms with van der Waals surface area (Å²) in [6, 6.07) is 75.0. The topological polar surface area (TPSA) is 23.8 Å². The van der Waals surface area contributed by atoms with E-state index in [2.05, 4.69) is 217 Å². The predicted molar refractivity (Wildman–Crippen MR) is 262 cm³/mol. The van der Waals surface area contributed by atoms with Crippen LogP contribution in [0, 0.1) is 11.3 Å². The van der Waals surface area contributed by atoms with Gasteiger partial charge in [0.25, 0.3) is 0 Å². The molecule has 0 aliphatic heterocycles. The highest BCUT2D eigenvalue weighted by atomic mass is 32.3. The Balaban J connectivity index is 1.30. The van der Waals surface area contributed by atoms with Gasteiger partial charge in [-0.3, -0.25) is 0 Å². The first-order chi connectivity index (χ1) is 30.1. The zero-order chi connectivity index (χ0) is 42.4. The molecule has 62 heavy (non-hydrogen) atoms. The number of benzene rings is 10. The van der Waals surface area contributed by atoms with Crippen LogP contribution in [0.25, 0.3) is 65.7 Å². The molecule has 1 aliphatic rings. The van der Waals surface area contributed by atoms with Crippen LogP contribution in [0.3, 0.4) is 0 Å². The van der Waals surface area contributed by atoms with Gasteiger partial charge in [0.1, 0.15) is 0 Å². The lowest BCUT2D eigenvalue weighted by molar-refractivity contribution is 0.590. The summed E-state index contributed by atoms with van der Waals surface area (Å²) in [5.41, 5.74) is 11.5. The van der Waals surface area contributed by atoms with E-state index < -0.39 is 10.0 Å². The van der Waals surface area contributed by atoms with E-state index in [0.29, 0.717) is 5.56 Å². The molecule has 1 nitrogen and oxygen atoms in total. The van der Waals surface area contributed by atoms with Crippen molar-refractivity contribution in [3.8, 4) is 39.4 Å². The lowest BCUT2D eigenvalue weighted by Gasteiger charge is -2.44. The fourth-order valence-electron chi connectivity index (χ4n) is 10.4. The normalized spacial score (nSPS) is 13.6. The van der Waals surface area contributed by atoms with Crippen LogP contribution >= 0.6 is 10.0 Å². The maximum absolute atomic E-state index is 10.2. The van der Waals surface area contributed by atoms with E-state index in [4.69, 9.17) is 0 Å². The fraction of sp³-hybridized carbons (Fsp3) is 0.117. The number of rotatable bonds is 6. The van der Waals surface area contributed by atoms with Gasteiger partial charge in [-0.05, 0) is 161 Å². The van der Waals surface area contributed by atoms with Gasteiger partial charge in [0.05, 0.1) is 11.6 Å². The molecule has 2 heteroatoms. The molecule has 0 spiro atoms. The van der Waals surface area contributed by atoms with Crippen molar-refractivity contribution in [1.82, 2.24) is 0 Å². The average molecular weight is 814 g/mol. The van der Waals surface area contributed by atoms with Crippen LogP contribution in [0.15, 0.2) is 214 Å². The summed E-state index contributed by atoms with van der Waals surface area (Å²) in [4.78, 5) is 5.26. The molecule has 0 amide bonds. The maximum Gasteiger partial charge on any atom is 0.0998 e. The van der Waals surface area contributed by atoms with E-state index >= 15 is 0 Å². The Morgan fingerprint density at radius 2 is 1.03 bits per heavy atom. The molecule has 0 aromatic heterocycles. The zero-order valence-corrected chi connectivity index (χ0v) is 36.6. The van der Waals surface area contributed by atoms with Crippen LogP contribution in [0.4, 0.5) is 0 Å². The molecular formula is C60H47NS. The van der Waals surface area contributed by atoms with Gasteiger partial charge in [-0.1, -0.05) is 156 Å². The second-order valence-corrected chi connectivity index (χ2v) is 21.5. The molecule has 0 saturated carbocycles. The summed E-state index contributed by atoms with van der Waals surface area (Å²) in [7, 11) is -2.05. The van der Waals surface area contributed by atoms with Gasteiger partial charge in [-0.25, -0.2) is 0 Å². The van der Waals surface area contributed by atoms with E-state index in [1.807, 2.05) is 18.2 Å². The van der Waals surface area contributed by atoms with Crippen molar-refractivity contribution in [1.29, 1.82) is 5.26 Å². The van der Waals surface area contributed by atoms with Gasteiger partial charge in [-0.2, -0.15) is 5.26 Å². The molecular weight excluding hydrogens is 767 g/mol. The number of fused-ring (bicyclic) bond motifs is 2. The second-order valence-electron chi connectivity index (χ2n) is 18.4. The molecule has 0 N–H and O–H groups in total. The third-order valence-corrected chi connectivity index (χ3v) is 17.4. The summed E-state index contributed by atoms with van der Waals surface area (Å²) in [6.07, 6.45) is 0. The first-order valence-electron chi connectivity index (χ1n) is 21.6. The smallest absolute Gasteiger partial charge is 0.0998 e. The van der Waals surface area contributed by atoms with Crippen LogP contribution < -0.4 is 0 Å². The van der Waals surface area contributed by atoms with Crippen molar-refractivity contribution in [2.75, 3.05) is 0 Å². The summed E-state index contributed by atoms with van der Waals surface area (Å²) in [5, 5.41) is 17.8. The van der Waals surface area contributed by atoms with Crippen molar-refractivity contribution >= 4 is 42.3 Å². The number of hydrogen-bond donors (Lipinski definition) is 0. The van der Waals surface area contributed by atoms with Crippen molar-refractivity contribution < 1.29 is 0 Å². The van der Waals surface area contributed by atoms with E-state index in [1.54, 1.807) is 0 Å². The average Bonchev–Trinajstić information content (AvgIpc) is 3.31. The Morgan fingerprint density at radius 3 is 1.65 bits per heavy atom. The summed E-state index contributed by atoms with van der Waals surface area (Å²) >= 11 is 0. The highest BCUT2D eigenvalue weighted by Crippen LogP contribution is 2.75. The van der Waals surface area contributed by atoms with Crippen LogP contribution in [0.1, 0.15) is 56.9 Å². The minimum atomic E-state index is -2.05. The van der Waals surface area contributed by atoms with Gasteiger partial charge in [0.2, 0.25) is 0 Å². The first kappa shape index (κ1) is 38.0. The Hall–Kier alpha value is -6.92. The molecule has 10 aromatic carbocycles. The molecule has 0 saturated heterocycles. The zero-order valence-electron chi connectivity index (χ0n) is 35.8. The van der Waals surface area contributed by atoms with E-state index in [-0.39, 0.29) is 10.8 Å².